The lowest BCUT2D eigenvalue weighted by atomic mass is 10.0. The van der Waals surface area contributed by atoms with Crippen LogP contribution in [-0.4, -0.2) is 37.2 Å². The van der Waals surface area contributed by atoms with Gasteiger partial charge in [0, 0.05) is 19.3 Å². The fourth-order valence-electron chi connectivity index (χ4n) is 8.29. The molecule has 0 fully saturated rings. The number of hydrogen-bond acceptors (Lipinski definition) is 6. The Morgan fingerprint density at radius 3 is 0.913 bits per heavy atom. The molecule has 0 spiro atoms. The number of ether oxygens (including phenoxy) is 3. The fraction of sp³-hybridized carbons (Fsp3) is 0.762. The van der Waals surface area contributed by atoms with Crippen LogP contribution >= 0.6 is 0 Å². The molecule has 0 saturated carbocycles. The number of rotatable bonds is 53. The molecular formula is C63H110O6. The van der Waals surface area contributed by atoms with Crippen LogP contribution in [0.1, 0.15) is 290 Å². The molecule has 0 aromatic rings. The van der Waals surface area contributed by atoms with E-state index >= 15 is 0 Å². The molecule has 0 saturated heterocycles. The second kappa shape index (κ2) is 57.4. The van der Waals surface area contributed by atoms with Crippen LogP contribution in [0.2, 0.25) is 0 Å². The third-order valence-electron chi connectivity index (χ3n) is 12.7. The summed E-state index contributed by atoms with van der Waals surface area (Å²) in [6, 6.07) is 0. The van der Waals surface area contributed by atoms with Gasteiger partial charge in [-0.25, -0.2) is 0 Å². The van der Waals surface area contributed by atoms with Gasteiger partial charge in [0.1, 0.15) is 13.2 Å². The number of carbonyl (C=O) groups is 3. The monoisotopic (exact) mass is 963 g/mol. The molecule has 0 N–H and O–H groups in total. The molecule has 0 amide bonds. The predicted octanol–water partition coefficient (Wildman–Crippen LogP) is 19.8. The Morgan fingerprint density at radius 1 is 0.304 bits per heavy atom. The van der Waals surface area contributed by atoms with Crippen molar-refractivity contribution in [2.75, 3.05) is 13.2 Å². The highest BCUT2D eigenvalue weighted by atomic mass is 16.6. The zero-order valence-corrected chi connectivity index (χ0v) is 45.6. The normalized spacial score (nSPS) is 12.6. The number of esters is 3. The fourth-order valence-corrected chi connectivity index (χ4v) is 8.29. The lowest BCUT2D eigenvalue weighted by Crippen LogP contribution is -2.30. The maximum absolute atomic E-state index is 12.9. The Morgan fingerprint density at radius 2 is 0.565 bits per heavy atom. The van der Waals surface area contributed by atoms with Crippen molar-refractivity contribution in [1.82, 2.24) is 0 Å². The third kappa shape index (κ3) is 55.6. The Balaban J connectivity index is 4.40. The van der Waals surface area contributed by atoms with E-state index in [2.05, 4.69) is 93.7 Å². The lowest BCUT2D eigenvalue weighted by molar-refractivity contribution is -0.167. The summed E-state index contributed by atoms with van der Waals surface area (Å²) in [4.78, 5) is 38.2. The Bertz CT molecular complexity index is 1290. The predicted molar refractivity (Wildman–Crippen MR) is 298 cm³/mol. The second-order valence-electron chi connectivity index (χ2n) is 19.5. The van der Waals surface area contributed by atoms with Crippen LogP contribution < -0.4 is 0 Å². The van der Waals surface area contributed by atoms with E-state index in [1.807, 2.05) is 0 Å². The van der Waals surface area contributed by atoms with Crippen LogP contribution in [0.3, 0.4) is 0 Å². The molecule has 0 radical (unpaired) electrons. The van der Waals surface area contributed by atoms with Crippen LogP contribution in [0.5, 0.6) is 0 Å². The molecule has 6 heteroatoms. The summed E-state index contributed by atoms with van der Waals surface area (Å²) in [5.41, 5.74) is 0. The molecule has 0 aromatic heterocycles. The highest BCUT2D eigenvalue weighted by molar-refractivity contribution is 5.71. The molecule has 398 valence electrons. The number of allylic oxidation sites excluding steroid dienone is 12. The molecule has 0 heterocycles. The Hall–Kier alpha value is -3.15. The Labute approximate surface area is 427 Å². The summed E-state index contributed by atoms with van der Waals surface area (Å²) in [5, 5.41) is 0. The van der Waals surface area contributed by atoms with E-state index in [4.69, 9.17) is 14.2 Å². The van der Waals surface area contributed by atoms with Gasteiger partial charge in [-0.2, -0.15) is 0 Å². The van der Waals surface area contributed by atoms with Crippen molar-refractivity contribution in [1.29, 1.82) is 0 Å². The average molecular weight is 964 g/mol. The molecular weight excluding hydrogens is 853 g/mol. The topological polar surface area (TPSA) is 78.9 Å². The van der Waals surface area contributed by atoms with Crippen LogP contribution in [0.15, 0.2) is 72.9 Å². The summed E-state index contributed by atoms with van der Waals surface area (Å²) in [7, 11) is 0. The van der Waals surface area contributed by atoms with Crippen molar-refractivity contribution in [3.63, 3.8) is 0 Å². The molecule has 0 rings (SSSR count). The molecule has 0 aliphatic rings. The van der Waals surface area contributed by atoms with Crippen LogP contribution in [0, 0.1) is 0 Å². The minimum absolute atomic E-state index is 0.0815. The van der Waals surface area contributed by atoms with Gasteiger partial charge in [0.2, 0.25) is 0 Å². The average Bonchev–Trinajstić information content (AvgIpc) is 3.35. The van der Waals surface area contributed by atoms with Crippen molar-refractivity contribution in [2.24, 2.45) is 0 Å². The van der Waals surface area contributed by atoms with E-state index < -0.39 is 6.10 Å². The smallest absolute Gasteiger partial charge is 0.306 e. The molecule has 6 nitrogen and oxygen atoms in total. The van der Waals surface area contributed by atoms with Crippen LogP contribution in [-0.2, 0) is 28.6 Å². The number of hydrogen-bond donors (Lipinski definition) is 0. The van der Waals surface area contributed by atoms with Gasteiger partial charge in [0.15, 0.2) is 6.10 Å². The molecule has 69 heavy (non-hydrogen) atoms. The molecule has 0 aliphatic carbocycles. The summed E-state index contributed by atoms with van der Waals surface area (Å²) in [6.45, 7) is 6.51. The highest BCUT2D eigenvalue weighted by Gasteiger charge is 2.19. The minimum atomic E-state index is -0.785. The van der Waals surface area contributed by atoms with Gasteiger partial charge < -0.3 is 14.2 Å². The summed E-state index contributed by atoms with van der Waals surface area (Å²) in [6.07, 6.45) is 73.1. The summed E-state index contributed by atoms with van der Waals surface area (Å²) >= 11 is 0. The SMILES string of the molecule is CC/C=C\C/C=C\C/C=C\CCCCCCCCCC(=O)OC(COC(=O)CCCCCCCC/C=C\C/C=C\C/C=C\CCCCC)COC(=O)CCCCCCCCCCCCCCCCC. The zero-order valence-electron chi connectivity index (χ0n) is 45.6. The maximum atomic E-state index is 12.9. The largest absolute Gasteiger partial charge is 0.462 e. The molecule has 0 bridgehead atoms. The first-order valence-electron chi connectivity index (χ1n) is 29.4. The van der Waals surface area contributed by atoms with Crippen molar-refractivity contribution in [3.8, 4) is 0 Å². The second-order valence-corrected chi connectivity index (χ2v) is 19.5. The van der Waals surface area contributed by atoms with E-state index in [1.54, 1.807) is 0 Å². The molecule has 1 unspecified atom stereocenters. The van der Waals surface area contributed by atoms with Crippen LogP contribution in [0.25, 0.3) is 0 Å². The highest BCUT2D eigenvalue weighted by Crippen LogP contribution is 2.16. The first-order valence-corrected chi connectivity index (χ1v) is 29.4. The van der Waals surface area contributed by atoms with Crippen LogP contribution in [0.4, 0.5) is 0 Å². The van der Waals surface area contributed by atoms with Crippen molar-refractivity contribution in [2.45, 2.75) is 297 Å². The quantitative estimate of drug-likeness (QED) is 0.0262. The lowest BCUT2D eigenvalue weighted by Gasteiger charge is -2.18. The summed E-state index contributed by atoms with van der Waals surface area (Å²) < 4.78 is 16.9. The van der Waals surface area contributed by atoms with E-state index in [9.17, 15) is 14.4 Å². The van der Waals surface area contributed by atoms with Gasteiger partial charge in [-0.3, -0.25) is 14.4 Å². The van der Waals surface area contributed by atoms with Gasteiger partial charge >= 0.3 is 17.9 Å². The van der Waals surface area contributed by atoms with E-state index in [0.29, 0.717) is 19.3 Å². The first-order chi connectivity index (χ1) is 34.0. The van der Waals surface area contributed by atoms with Crippen molar-refractivity contribution >= 4 is 17.9 Å². The minimum Gasteiger partial charge on any atom is -0.462 e. The van der Waals surface area contributed by atoms with Gasteiger partial charge in [0.25, 0.3) is 0 Å². The van der Waals surface area contributed by atoms with Gasteiger partial charge in [-0.15, -0.1) is 0 Å². The van der Waals surface area contributed by atoms with Gasteiger partial charge in [-0.05, 0) is 89.9 Å². The number of unbranched alkanes of at least 4 members (excludes halogenated alkanes) is 30. The molecule has 0 aromatic carbocycles. The van der Waals surface area contributed by atoms with Crippen molar-refractivity contribution in [3.05, 3.63) is 72.9 Å². The van der Waals surface area contributed by atoms with Gasteiger partial charge in [-0.1, -0.05) is 254 Å². The Kier molecular flexibility index (Phi) is 54.8. The molecule has 0 aliphatic heterocycles. The van der Waals surface area contributed by atoms with Crippen molar-refractivity contribution < 1.29 is 28.6 Å². The number of carbonyl (C=O) groups excluding carboxylic acids is 3. The van der Waals surface area contributed by atoms with E-state index in [1.165, 1.54) is 148 Å². The molecule has 1 atom stereocenters. The standard InChI is InChI=1S/C63H110O6/c1-4-7-10-13-16-19-22-25-28-30-31-33-35-38-41-44-47-50-53-56-62(65)68-59-60(58-67-61(64)55-52-49-46-43-40-37-34-27-24-21-18-15-12-9-6-3)69-63(66)57-54-51-48-45-42-39-36-32-29-26-23-20-17-14-11-8-5-2/h8,11,16-17,19-20,25-26,28-29,31,33,60H,4-7,9-10,12-15,18,21-24,27,30,32,34-59H2,1-3H3/b11-8-,19-16-,20-17-,28-25-,29-26-,33-31-. The third-order valence-corrected chi connectivity index (χ3v) is 12.7. The van der Waals surface area contributed by atoms with E-state index in [-0.39, 0.29) is 31.1 Å². The summed E-state index contributed by atoms with van der Waals surface area (Å²) in [5.74, 6) is -0.893. The van der Waals surface area contributed by atoms with Gasteiger partial charge in [0.05, 0.1) is 0 Å². The maximum Gasteiger partial charge on any atom is 0.306 e. The first kappa shape index (κ1) is 65.8. The zero-order chi connectivity index (χ0) is 50.0. The van der Waals surface area contributed by atoms with E-state index in [0.717, 1.165) is 103 Å².